The summed E-state index contributed by atoms with van der Waals surface area (Å²) in [7, 11) is 0. The Balaban J connectivity index is 1.92. The van der Waals surface area contributed by atoms with Gasteiger partial charge in [-0.3, -0.25) is 0 Å². The molecule has 0 aliphatic carbocycles. The van der Waals surface area contributed by atoms with Crippen molar-refractivity contribution in [1.29, 1.82) is 5.26 Å². The van der Waals surface area contributed by atoms with Crippen LogP contribution in [0.3, 0.4) is 0 Å². The number of anilines is 1. The predicted octanol–water partition coefficient (Wildman–Crippen LogP) is 5.06. The van der Waals surface area contributed by atoms with E-state index in [0.717, 1.165) is 15.3 Å². The van der Waals surface area contributed by atoms with Crippen LogP contribution in [0.2, 0.25) is 10.2 Å². The highest BCUT2D eigenvalue weighted by atomic mass is 35.5. The van der Waals surface area contributed by atoms with Gasteiger partial charge in [0.15, 0.2) is 0 Å². The lowest BCUT2D eigenvalue weighted by Crippen LogP contribution is -2.21. The van der Waals surface area contributed by atoms with Gasteiger partial charge in [0.2, 0.25) is 0 Å². The number of nitriles is 1. The van der Waals surface area contributed by atoms with Crippen LogP contribution in [0.5, 0.6) is 0 Å². The molecule has 3 aromatic rings. The smallest absolute Gasteiger partial charge is 0.131 e. The van der Waals surface area contributed by atoms with Crippen molar-refractivity contribution < 1.29 is 0 Å². The molecular formula is C16H14Cl2N4S2. The maximum Gasteiger partial charge on any atom is 0.131 e. The van der Waals surface area contributed by atoms with Crippen molar-refractivity contribution in [3.8, 4) is 6.07 Å². The van der Waals surface area contributed by atoms with Crippen molar-refractivity contribution >= 4 is 61.8 Å². The molecule has 3 aromatic heterocycles. The molecule has 0 radical (unpaired) electrons. The molecule has 0 spiro atoms. The summed E-state index contributed by atoms with van der Waals surface area (Å²) in [4.78, 5) is 6.52. The molecule has 0 bridgehead atoms. The summed E-state index contributed by atoms with van der Waals surface area (Å²) in [5, 5.41) is 15.2. The van der Waals surface area contributed by atoms with E-state index in [0.29, 0.717) is 35.1 Å². The Hall–Kier alpha value is -1.36. The fraction of sp³-hybridized carbons (Fsp3) is 0.250. The van der Waals surface area contributed by atoms with Crippen molar-refractivity contribution in [3.63, 3.8) is 0 Å². The summed E-state index contributed by atoms with van der Waals surface area (Å²) in [6, 6.07) is 7.75. The molecule has 0 amide bonds. The third-order valence-corrected chi connectivity index (χ3v) is 6.28. The zero-order valence-corrected chi connectivity index (χ0v) is 15.7. The molecule has 1 atom stereocenters. The van der Waals surface area contributed by atoms with Crippen LogP contribution in [-0.4, -0.2) is 11.0 Å². The number of nitrogens with one attached hydrogen (secondary N) is 1. The van der Waals surface area contributed by atoms with Gasteiger partial charge >= 0.3 is 0 Å². The van der Waals surface area contributed by atoms with Crippen molar-refractivity contribution in [2.45, 2.75) is 25.4 Å². The van der Waals surface area contributed by atoms with Crippen LogP contribution in [0.1, 0.15) is 16.2 Å². The van der Waals surface area contributed by atoms with Crippen molar-refractivity contribution in [3.05, 3.63) is 43.5 Å². The molecule has 124 valence electrons. The molecule has 3 N–H and O–H groups in total. The molecule has 4 nitrogen and oxygen atoms in total. The summed E-state index contributed by atoms with van der Waals surface area (Å²) in [5.74, 6) is 0. The van der Waals surface area contributed by atoms with Gasteiger partial charge < -0.3 is 11.1 Å². The molecule has 0 aromatic carbocycles. The molecular weight excluding hydrogens is 383 g/mol. The minimum Gasteiger partial charge on any atom is -0.379 e. The van der Waals surface area contributed by atoms with Crippen LogP contribution in [0.25, 0.3) is 10.2 Å². The molecule has 3 heterocycles. The molecule has 0 saturated heterocycles. The number of aromatic nitrogens is 1. The maximum absolute atomic E-state index is 8.77. The highest BCUT2D eigenvalue weighted by molar-refractivity contribution is 7.20. The highest BCUT2D eigenvalue weighted by Crippen LogP contribution is 2.40. The van der Waals surface area contributed by atoms with Crippen LogP contribution in [-0.2, 0) is 13.0 Å². The van der Waals surface area contributed by atoms with Gasteiger partial charge in [0, 0.05) is 28.4 Å². The lowest BCUT2D eigenvalue weighted by Gasteiger charge is -2.06. The van der Waals surface area contributed by atoms with Gasteiger partial charge in [-0.1, -0.05) is 29.3 Å². The summed E-state index contributed by atoms with van der Waals surface area (Å²) < 4.78 is 0.958. The third-order valence-electron chi connectivity index (χ3n) is 3.45. The van der Waals surface area contributed by atoms with Gasteiger partial charge in [-0.05, 0) is 17.9 Å². The van der Waals surface area contributed by atoms with Crippen LogP contribution in [0.15, 0.2) is 23.6 Å². The molecule has 0 aliphatic rings. The molecule has 0 unspecified atom stereocenters. The van der Waals surface area contributed by atoms with E-state index in [1.807, 2.05) is 17.5 Å². The Morgan fingerprint density at radius 2 is 2.25 bits per heavy atom. The zero-order valence-electron chi connectivity index (χ0n) is 12.6. The van der Waals surface area contributed by atoms with Crippen molar-refractivity contribution in [2.75, 3.05) is 5.32 Å². The molecule has 24 heavy (non-hydrogen) atoms. The normalized spacial score (nSPS) is 12.2. The number of rotatable bonds is 6. The predicted molar refractivity (Wildman–Crippen MR) is 103 cm³/mol. The number of nitrogens with two attached hydrogens (primary N) is 1. The first kappa shape index (κ1) is 17.5. The van der Waals surface area contributed by atoms with Crippen molar-refractivity contribution in [2.24, 2.45) is 5.73 Å². The van der Waals surface area contributed by atoms with Gasteiger partial charge in [0.05, 0.1) is 27.9 Å². The first-order chi connectivity index (χ1) is 11.6. The number of halogens is 2. The van der Waals surface area contributed by atoms with Crippen LogP contribution < -0.4 is 11.1 Å². The fourth-order valence-electron chi connectivity index (χ4n) is 2.34. The average Bonchev–Trinajstić information content (AvgIpc) is 3.15. The maximum atomic E-state index is 8.77. The van der Waals surface area contributed by atoms with E-state index >= 15 is 0 Å². The van der Waals surface area contributed by atoms with Crippen molar-refractivity contribution in [1.82, 2.24) is 4.98 Å². The summed E-state index contributed by atoms with van der Waals surface area (Å²) in [5.41, 5.74) is 7.55. The quantitative estimate of drug-likeness (QED) is 0.570. The number of nitrogens with zero attached hydrogens (tertiary/aromatic N) is 2. The van der Waals surface area contributed by atoms with E-state index in [9.17, 15) is 0 Å². The van der Waals surface area contributed by atoms with E-state index in [1.54, 1.807) is 22.7 Å². The topological polar surface area (TPSA) is 74.7 Å². The lowest BCUT2D eigenvalue weighted by atomic mass is 10.1. The second-order valence-electron chi connectivity index (χ2n) is 5.27. The van der Waals surface area contributed by atoms with E-state index in [-0.39, 0.29) is 6.04 Å². The minimum atomic E-state index is -0.237. The minimum absolute atomic E-state index is 0.237. The SMILES string of the molecule is N#CC[C@H](N)Cc1sc2c(NCc3cccs3)cc(Cl)nc2c1Cl. The number of thiophene rings is 2. The summed E-state index contributed by atoms with van der Waals surface area (Å²) >= 11 is 15.9. The number of fused-ring (bicyclic) bond motifs is 1. The van der Waals surface area contributed by atoms with Crippen LogP contribution >= 0.6 is 45.9 Å². The van der Waals surface area contributed by atoms with Crippen LogP contribution in [0.4, 0.5) is 5.69 Å². The summed E-state index contributed by atoms with van der Waals surface area (Å²) in [6.45, 7) is 0.714. The largest absolute Gasteiger partial charge is 0.379 e. The van der Waals surface area contributed by atoms with Gasteiger partial charge in [0.1, 0.15) is 10.7 Å². The van der Waals surface area contributed by atoms with E-state index in [4.69, 9.17) is 34.2 Å². The Labute approximate surface area is 157 Å². The number of hydrogen-bond donors (Lipinski definition) is 2. The first-order valence-electron chi connectivity index (χ1n) is 7.24. The summed E-state index contributed by atoms with van der Waals surface area (Å²) in [6.07, 6.45) is 0.845. The fourth-order valence-corrected chi connectivity index (χ4v) is 4.78. The molecule has 8 heteroatoms. The Morgan fingerprint density at radius 3 is 2.96 bits per heavy atom. The van der Waals surface area contributed by atoms with Gasteiger partial charge in [-0.15, -0.1) is 22.7 Å². The molecule has 3 rings (SSSR count). The first-order valence-corrected chi connectivity index (χ1v) is 9.70. The average molecular weight is 397 g/mol. The monoisotopic (exact) mass is 396 g/mol. The Kier molecular flexibility index (Phi) is 5.59. The van der Waals surface area contributed by atoms with Crippen LogP contribution in [0, 0.1) is 11.3 Å². The van der Waals surface area contributed by atoms with Gasteiger partial charge in [-0.25, -0.2) is 4.98 Å². The number of hydrogen-bond acceptors (Lipinski definition) is 6. The number of pyridine rings is 1. The van der Waals surface area contributed by atoms with E-state index in [2.05, 4.69) is 22.4 Å². The van der Waals surface area contributed by atoms with Gasteiger partial charge in [-0.2, -0.15) is 5.26 Å². The second-order valence-corrected chi connectivity index (χ2v) is 8.17. The molecule has 0 saturated carbocycles. The third kappa shape index (κ3) is 3.82. The molecule has 0 fully saturated rings. The van der Waals surface area contributed by atoms with E-state index in [1.165, 1.54) is 4.88 Å². The second kappa shape index (κ2) is 7.68. The lowest BCUT2D eigenvalue weighted by molar-refractivity contribution is 0.692. The highest BCUT2D eigenvalue weighted by Gasteiger charge is 2.18. The van der Waals surface area contributed by atoms with E-state index < -0.39 is 0 Å². The molecule has 0 aliphatic heterocycles. The Bertz CT molecular complexity index is 884. The van der Waals surface area contributed by atoms with Gasteiger partial charge in [0.25, 0.3) is 0 Å². The Morgan fingerprint density at radius 1 is 1.42 bits per heavy atom. The zero-order chi connectivity index (χ0) is 17.1. The standard InChI is InChI=1S/C16H14Cl2N4S2/c17-13-7-11(21-8-10-2-1-5-23-10)16-15(22-13)14(18)12(24-16)6-9(20)3-4-19/h1-2,5,7,9H,3,6,8,20H2,(H,21,22)/t9-/m0/s1.